The molecular formula is C32H27F3N2O6. The summed E-state index contributed by atoms with van der Waals surface area (Å²) in [6.45, 7) is 0. The summed E-state index contributed by atoms with van der Waals surface area (Å²) in [5, 5.41) is 0. The van der Waals surface area contributed by atoms with Crippen LogP contribution >= 0.6 is 0 Å². The highest BCUT2D eigenvalue weighted by molar-refractivity contribution is 6.14. The van der Waals surface area contributed by atoms with Gasteiger partial charge in [0.2, 0.25) is 0 Å². The minimum Gasteiger partial charge on any atom is -0.497 e. The zero-order chi connectivity index (χ0) is 31.0. The smallest absolute Gasteiger partial charge is 0.338 e. The van der Waals surface area contributed by atoms with Gasteiger partial charge in [0.1, 0.15) is 34.9 Å². The first-order valence-corrected chi connectivity index (χ1v) is 13.2. The minimum absolute atomic E-state index is 0.0448. The fourth-order valence-electron chi connectivity index (χ4n) is 5.83. The number of carbonyl (C=O) groups excluding carboxylic acids is 3. The Kier molecular flexibility index (Phi) is 7.99. The molecule has 43 heavy (non-hydrogen) atoms. The van der Waals surface area contributed by atoms with Crippen molar-refractivity contribution in [3.63, 3.8) is 0 Å². The highest BCUT2D eigenvalue weighted by Crippen LogP contribution is 2.52. The van der Waals surface area contributed by atoms with Gasteiger partial charge in [-0.1, -0.05) is 24.3 Å². The number of rotatable bonds is 6. The molecule has 0 fully saturated rings. The van der Waals surface area contributed by atoms with E-state index in [1.807, 2.05) is 0 Å². The van der Waals surface area contributed by atoms with Gasteiger partial charge in [-0.3, -0.25) is 14.5 Å². The second-order valence-corrected chi connectivity index (χ2v) is 10.0. The number of ether oxygens (including phenoxy) is 3. The average molecular weight is 593 g/mol. The normalized spacial score (nSPS) is 20.1. The van der Waals surface area contributed by atoms with Crippen molar-refractivity contribution in [1.29, 1.82) is 0 Å². The number of ketones is 1. The van der Waals surface area contributed by atoms with Crippen molar-refractivity contribution in [1.82, 2.24) is 0 Å². The number of esters is 2. The minimum atomic E-state index is -1.36. The van der Waals surface area contributed by atoms with Crippen molar-refractivity contribution < 1.29 is 41.8 Å². The first-order chi connectivity index (χ1) is 20.6. The Balaban J connectivity index is 1.83. The van der Waals surface area contributed by atoms with Crippen LogP contribution in [0.4, 0.5) is 18.9 Å². The number of allylic oxidation sites excluding steroid dienone is 2. The van der Waals surface area contributed by atoms with Crippen molar-refractivity contribution in [2.75, 3.05) is 26.2 Å². The Bertz CT molecular complexity index is 1670. The maximum Gasteiger partial charge on any atom is 0.338 e. The van der Waals surface area contributed by atoms with E-state index in [9.17, 15) is 23.2 Å². The Morgan fingerprint density at radius 2 is 1.49 bits per heavy atom. The van der Waals surface area contributed by atoms with Crippen LogP contribution in [0.15, 0.2) is 89.4 Å². The molecule has 0 spiro atoms. The van der Waals surface area contributed by atoms with Gasteiger partial charge < -0.3 is 19.9 Å². The summed E-state index contributed by atoms with van der Waals surface area (Å²) in [6, 6.07) is 14.6. The van der Waals surface area contributed by atoms with Gasteiger partial charge in [0.05, 0.1) is 38.5 Å². The van der Waals surface area contributed by atoms with Crippen molar-refractivity contribution in [2.45, 2.75) is 18.3 Å². The van der Waals surface area contributed by atoms with Gasteiger partial charge in [0, 0.05) is 23.3 Å². The van der Waals surface area contributed by atoms with E-state index >= 15 is 4.39 Å². The summed E-state index contributed by atoms with van der Waals surface area (Å²) in [5.41, 5.74) is 7.14. The molecule has 3 aromatic carbocycles. The zero-order valence-electron chi connectivity index (χ0n) is 23.4. The van der Waals surface area contributed by atoms with Crippen LogP contribution in [0, 0.1) is 23.4 Å². The standard InChI is InChI=1S/C32H27F3N2O6/c1-41-20-11-6-16(7-12-20)21-15-24-27(29(38)26(21)31(39)42-2)25(17-4-8-18(33)9-5-17)28(32(40)43-3)30(36)37(24)23-13-10-19(34)14-22(23)35/h4-14,21,25-26H,15,36H2,1-3H3/t21-,25+,26-/m1/s1. The number of hydrogen-bond acceptors (Lipinski definition) is 8. The zero-order valence-corrected chi connectivity index (χ0v) is 23.4. The van der Waals surface area contributed by atoms with Crippen LogP contribution in [0.2, 0.25) is 0 Å². The Hall–Kier alpha value is -5.06. The predicted molar refractivity (Wildman–Crippen MR) is 149 cm³/mol. The van der Waals surface area contributed by atoms with E-state index in [4.69, 9.17) is 19.9 Å². The first kappa shape index (κ1) is 29.4. The van der Waals surface area contributed by atoms with E-state index in [2.05, 4.69) is 0 Å². The van der Waals surface area contributed by atoms with Gasteiger partial charge in [-0.15, -0.1) is 0 Å². The molecule has 0 radical (unpaired) electrons. The van der Waals surface area contributed by atoms with E-state index in [0.717, 1.165) is 38.5 Å². The van der Waals surface area contributed by atoms with E-state index in [0.29, 0.717) is 22.9 Å². The molecule has 222 valence electrons. The monoisotopic (exact) mass is 592 g/mol. The lowest BCUT2D eigenvalue weighted by Gasteiger charge is -2.44. The lowest BCUT2D eigenvalue weighted by Crippen LogP contribution is -2.46. The highest BCUT2D eigenvalue weighted by atomic mass is 19.1. The number of Topliss-reactive ketones (excluding diaryl/α,β-unsaturated/α-hetero) is 1. The number of methoxy groups -OCH3 is 3. The molecule has 0 saturated heterocycles. The third kappa shape index (κ3) is 5.11. The number of benzene rings is 3. The molecule has 1 aliphatic carbocycles. The molecule has 0 unspecified atom stereocenters. The summed E-state index contributed by atoms with van der Waals surface area (Å²) in [4.78, 5) is 42.3. The molecule has 3 atom stereocenters. The number of halogens is 3. The summed E-state index contributed by atoms with van der Waals surface area (Å²) in [6.07, 6.45) is -0.0448. The van der Waals surface area contributed by atoms with Gasteiger partial charge in [-0.25, -0.2) is 18.0 Å². The quantitative estimate of drug-likeness (QED) is 0.320. The van der Waals surface area contributed by atoms with Crippen molar-refractivity contribution in [3.8, 4) is 5.75 Å². The van der Waals surface area contributed by atoms with Crippen LogP contribution in [-0.2, 0) is 23.9 Å². The number of nitrogens with two attached hydrogens (primary N) is 1. The molecule has 3 aromatic rings. The van der Waals surface area contributed by atoms with Gasteiger partial charge in [-0.05, 0) is 53.9 Å². The SMILES string of the molecule is COC(=O)C1=C(N)N(c2ccc(F)cc2F)C2=C(C(=O)[C@H](C(=O)OC)[C@@H](c3ccc(OC)cc3)C2)[C@@H]1c1ccc(F)cc1. The lowest BCUT2D eigenvalue weighted by molar-refractivity contribution is -0.150. The summed E-state index contributed by atoms with van der Waals surface area (Å²) in [7, 11) is 3.76. The third-order valence-electron chi connectivity index (χ3n) is 7.80. The summed E-state index contributed by atoms with van der Waals surface area (Å²) >= 11 is 0. The van der Waals surface area contributed by atoms with Gasteiger partial charge in [-0.2, -0.15) is 0 Å². The van der Waals surface area contributed by atoms with Crippen LogP contribution in [0.3, 0.4) is 0 Å². The molecule has 0 aromatic heterocycles. The third-order valence-corrected chi connectivity index (χ3v) is 7.80. The fraction of sp³-hybridized carbons (Fsp3) is 0.219. The largest absolute Gasteiger partial charge is 0.497 e. The topological polar surface area (TPSA) is 108 Å². The van der Waals surface area contributed by atoms with E-state index < -0.39 is 52.9 Å². The number of nitrogens with zero attached hydrogens (tertiary/aromatic N) is 1. The molecular weight excluding hydrogens is 565 g/mol. The van der Waals surface area contributed by atoms with Gasteiger partial charge in [0.25, 0.3) is 0 Å². The average Bonchev–Trinajstić information content (AvgIpc) is 3.00. The fourth-order valence-corrected chi connectivity index (χ4v) is 5.83. The maximum atomic E-state index is 15.4. The molecule has 0 saturated carbocycles. The van der Waals surface area contributed by atoms with Crippen molar-refractivity contribution in [3.05, 3.63) is 118 Å². The van der Waals surface area contributed by atoms with Gasteiger partial charge in [0.15, 0.2) is 5.78 Å². The van der Waals surface area contributed by atoms with E-state index in [1.165, 1.54) is 24.1 Å². The lowest BCUT2D eigenvalue weighted by atomic mass is 9.67. The Morgan fingerprint density at radius 3 is 2.07 bits per heavy atom. The van der Waals surface area contributed by atoms with Crippen LogP contribution in [0.25, 0.3) is 0 Å². The molecule has 1 aliphatic heterocycles. The van der Waals surface area contributed by atoms with Crippen LogP contribution in [-0.4, -0.2) is 39.1 Å². The molecule has 2 N–H and O–H groups in total. The van der Waals surface area contributed by atoms with E-state index in [1.54, 1.807) is 24.3 Å². The molecule has 0 bridgehead atoms. The molecule has 2 aliphatic rings. The van der Waals surface area contributed by atoms with Crippen LogP contribution in [0.1, 0.15) is 29.4 Å². The Morgan fingerprint density at radius 1 is 0.860 bits per heavy atom. The van der Waals surface area contributed by atoms with Crippen LogP contribution in [0.5, 0.6) is 5.75 Å². The number of anilines is 1. The predicted octanol–water partition coefficient (Wildman–Crippen LogP) is 4.86. The number of carbonyl (C=O) groups is 3. The molecule has 5 rings (SSSR count). The van der Waals surface area contributed by atoms with Crippen molar-refractivity contribution in [2.24, 2.45) is 11.7 Å². The van der Waals surface area contributed by atoms with E-state index in [-0.39, 0.29) is 34.8 Å². The summed E-state index contributed by atoms with van der Waals surface area (Å²) < 4.78 is 58.7. The Labute approximate surface area is 245 Å². The second-order valence-electron chi connectivity index (χ2n) is 10.0. The molecule has 0 amide bonds. The van der Waals surface area contributed by atoms with Crippen molar-refractivity contribution >= 4 is 23.4 Å². The molecule has 11 heteroatoms. The second kappa shape index (κ2) is 11.7. The highest BCUT2D eigenvalue weighted by Gasteiger charge is 2.51. The molecule has 1 heterocycles. The van der Waals surface area contributed by atoms with Crippen LogP contribution < -0.4 is 15.4 Å². The number of hydrogen-bond donors (Lipinski definition) is 1. The summed E-state index contributed by atoms with van der Waals surface area (Å²) in [5.74, 6) is -8.01. The van der Waals surface area contributed by atoms with Gasteiger partial charge >= 0.3 is 11.9 Å². The maximum absolute atomic E-state index is 15.4. The molecule has 8 nitrogen and oxygen atoms in total. The first-order valence-electron chi connectivity index (χ1n) is 13.2.